The van der Waals surface area contributed by atoms with Gasteiger partial charge in [0.2, 0.25) is 12.2 Å². The fraction of sp³-hybridized carbons (Fsp3) is 0.100. The number of nitrogens with one attached hydrogen (secondary N) is 1. The summed E-state index contributed by atoms with van der Waals surface area (Å²) < 4.78 is 13.9. The summed E-state index contributed by atoms with van der Waals surface area (Å²) in [5.41, 5.74) is 0.302. The molecule has 0 atom stereocenters. The molecule has 2 aromatic rings. The molecule has 1 N–H and O–H groups in total. The Kier molecular flexibility index (Phi) is 3.89. The lowest BCUT2D eigenvalue weighted by molar-refractivity contribution is -0.394. The third kappa shape index (κ3) is 3.26. The van der Waals surface area contributed by atoms with Gasteiger partial charge in [0.1, 0.15) is 12.4 Å². The van der Waals surface area contributed by atoms with Crippen molar-refractivity contribution in [2.45, 2.75) is 6.54 Å². The van der Waals surface area contributed by atoms with Crippen molar-refractivity contribution < 1.29 is 14.1 Å². The summed E-state index contributed by atoms with van der Waals surface area (Å²) in [5, 5.41) is 16.2. The molecule has 0 spiro atoms. The van der Waals surface area contributed by atoms with Gasteiger partial charge in [-0.15, -0.1) is 0 Å². The van der Waals surface area contributed by atoms with E-state index in [-0.39, 0.29) is 11.6 Å². The number of amides is 1. The minimum absolute atomic E-state index is 0.126. The average molecular weight is 300 g/mol. The molecule has 0 aliphatic carbocycles. The molecule has 8 nitrogen and oxygen atoms in total. The molecule has 0 aliphatic heterocycles. The van der Waals surface area contributed by atoms with Crippen molar-refractivity contribution in [1.82, 2.24) is 14.8 Å². The summed E-state index contributed by atoms with van der Waals surface area (Å²) in [4.78, 5) is 24.7. The number of halogens is 2. The molecular formula is C10H7ClFN5O3. The average Bonchev–Trinajstić information content (AvgIpc) is 2.82. The highest BCUT2D eigenvalue weighted by molar-refractivity contribution is 6.31. The molecular weight excluding hydrogens is 293 g/mol. The van der Waals surface area contributed by atoms with Crippen LogP contribution in [-0.2, 0) is 11.3 Å². The number of hydrogen-bond acceptors (Lipinski definition) is 5. The zero-order chi connectivity index (χ0) is 14.7. The van der Waals surface area contributed by atoms with E-state index in [0.29, 0.717) is 5.69 Å². The molecule has 1 heterocycles. The first-order valence-corrected chi connectivity index (χ1v) is 5.62. The van der Waals surface area contributed by atoms with E-state index >= 15 is 0 Å². The van der Waals surface area contributed by atoms with Gasteiger partial charge in [-0.3, -0.25) is 4.79 Å². The van der Waals surface area contributed by atoms with Gasteiger partial charge in [-0.2, -0.15) is 4.68 Å². The Morgan fingerprint density at radius 3 is 2.90 bits per heavy atom. The molecule has 20 heavy (non-hydrogen) atoms. The number of nitrogens with zero attached hydrogens (tertiary/aromatic N) is 4. The van der Waals surface area contributed by atoms with Crippen LogP contribution in [0.2, 0.25) is 5.02 Å². The second kappa shape index (κ2) is 5.61. The molecule has 1 aromatic heterocycles. The summed E-state index contributed by atoms with van der Waals surface area (Å²) in [6.45, 7) is -0.268. The molecule has 0 saturated heterocycles. The van der Waals surface area contributed by atoms with Crippen LogP contribution >= 0.6 is 11.6 Å². The van der Waals surface area contributed by atoms with Gasteiger partial charge >= 0.3 is 5.95 Å². The topological polar surface area (TPSA) is 103 Å². The molecule has 1 aromatic carbocycles. The molecule has 0 aliphatic rings. The van der Waals surface area contributed by atoms with Crippen LogP contribution in [0.4, 0.5) is 16.0 Å². The van der Waals surface area contributed by atoms with Gasteiger partial charge in [-0.25, -0.2) is 4.39 Å². The largest absolute Gasteiger partial charge is 0.490 e. The zero-order valence-corrected chi connectivity index (χ0v) is 10.5. The number of rotatable bonds is 4. The summed E-state index contributed by atoms with van der Waals surface area (Å²) in [7, 11) is 0. The number of carbonyl (C=O) groups excluding carboxylic acids is 1. The van der Waals surface area contributed by atoms with Crippen molar-refractivity contribution in [2.24, 2.45) is 0 Å². The Morgan fingerprint density at radius 1 is 1.55 bits per heavy atom. The Hall–Kier alpha value is -2.55. The third-order valence-electron chi connectivity index (χ3n) is 2.20. The summed E-state index contributed by atoms with van der Waals surface area (Å²) in [5.74, 6) is -1.70. The SMILES string of the molecule is O=C(Cn1cnc([N+](=O)[O-])n1)Nc1ccc(F)c(Cl)c1. The van der Waals surface area contributed by atoms with E-state index in [1.165, 1.54) is 12.1 Å². The van der Waals surface area contributed by atoms with E-state index in [0.717, 1.165) is 17.1 Å². The van der Waals surface area contributed by atoms with Crippen molar-refractivity contribution in [3.8, 4) is 0 Å². The minimum atomic E-state index is -0.770. The van der Waals surface area contributed by atoms with Gasteiger partial charge in [-0.1, -0.05) is 16.6 Å². The van der Waals surface area contributed by atoms with Crippen LogP contribution in [0, 0.1) is 15.9 Å². The number of carbonyl (C=O) groups is 1. The Morgan fingerprint density at radius 2 is 2.30 bits per heavy atom. The molecule has 104 valence electrons. The maximum absolute atomic E-state index is 12.9. The van der Waals surface area contributed by atoms with Crippen LogP contribution < -0.4 is 5.32 Å². The fourth-order valence-corrected chi connectivity index (χ4v) is 1.55. The first-order chi connectivity index (χ1) is 9.45. The lowest BCUT2D eigenvalue weighted by Crippen LogP contribution is -2.19. The second-order valence-electron chi connectivity index (χ2n) is 3.68. The van der Waals surface area contributed by atoms with Crippen LogP contribution in [-0.4, -0.2) is 25.6 Å². The van der Waals surface area contributed by atoms with E-state index in [9.17, 15) is 19.3 Å². The lowest BCUT2D eigenvalue weighted by atomic mass is 10.3. The predicted molar refractivity (Wildman–Crippen MR) is 66.7 cm³/mol. The summed E-state index contributed by atoms with van der Waals surface area (Å²) >= 11 is 5.57. The third-order valence-corrected chi connectivity index (χ3v) is 2.49. The van der Waals surface area contributed by atoms with Crippen molar-refractivity contribution in [3.63, 3.8) is 0 Å². The van der Waals surface area contributed by atoms with Crippen molar-refractivity contribution in [1.29, 1.82) is 0 Å². The monoisotopic (exact) mass is 299 g/mol. The van der Waals surface area contributed by atoms with E-state index in [4.69, 9.17) is 11.6 Å². The van der Waals surface area contributed by atoms with Crippen LogP contribution in [0.3, 0.4) is 0 Å². The van der Waals surface area contributed by atoms with Crippen LogP contribution in [0.5, 0.6) is 0 Å². The Balaban J connectivity index is 2.01. The molecule has 0 fully saturated rings. The standard InChI is InChI=1S/C10H7ClFN5O3/c11-7-3-6(1-2-8(7)12)14-9(18)4-16-5-13-10(15-16)17(19)20/h1-3,5H,4H2,(H,14,18). The minimum Gasteiger partial charge on any atom is -0.390 e. The highest BCUT2D eigenvalue weighted by Crippen LogP contribution is 2.19. The van der Waals surface area contributed by atoms with Gasteiger partial charge in [0.15, 0.2) is 0 Å². The van der Waals surface area contributed by atoms with Crippen molar-refractivity contribution in [3.05, 3.63) is 45.5 Å². The van der Waals surface area contributed by atoms with Gasteiger partial charge in [0, 0.05) is 10.8 Å². The van der Waals surface area contributed by atoms with Crippen LogP contribution in [0.15, 0.2) is 24.5 Å². The van der Waals surface area contributed by atoms with E-state index < -0.39 is 22.6 Å². The van der Waals surface area contributed by atoms with Gasteiger partial charge in [0.25, 0.3) is 0 Å². The molecule has 0 saturated carbocycles. The number of hydrogen-bond donors (Lipinski definition) is 1. The summed E-state index contributed by atoms with van der Waals surface area (Å²) in [6, 6.07) is 3.69. The quantitative estimate of drug-likeness (QED) is 0.682. The van der Waals surface area contributed by atoms with E-state index in [1.807, 2.05) is 0 Å². The first-order valence-electron chi connectivity index (χ1n) is 5.24. The van der Waals surface area contributed by atoms with Crippen LogP contribution in [0.1, 0.15) is 0 Å². The highest BCUT2D eigenvalue weighted by Gasteiger charge is 2.15. The van der Waals surface area contributed by atoms with E-state index in [2.05, 4.69) is 15.4 Å². The van der Waals surface area contributed by atoms with Gasteiger partial charge in [0.05, 0.1) is 5.02 Å². The summed E-state index contributed by atoms with van der Waals surface area (Å²) in [6.07, 6.45) is 1.06. The Bertz CT molecular complexity index is 675. The fourth-order valence-electron chi connectivity index (χ4n) is 1.37. The molecule has 1 amide bonds. The van der Waals surface area contributed by atoms with Crippen molar-refractivity contribution in [2.75, 3.05) is 5.32 Å². The molecule has 0 radical (unpaired) electrons. The molecule has 0 bridgehead atoms. The highest BCUT2D eigenvalue weighted by atomic mass is 35.5. The number of anilines is 1. The Labute approximate surface area is 116 Å². The molecule has 2 rings (SSSR count). The normalized spacial score (nSPS) is 10.3. The number of aromatic nitrogens is 3. The van der Waals surface area contributed by atoms with E-state index in [1.54, 1.807) is 0 Å². The first kappa shape index (κ1) is 13.9. The lowest BCUT2D eigenvalue weighted by Gasteiger charge is -2.04. The maximum Gasteiger partial charge on any atom is 0.490 e. The van der Waals surface area contributed by atoms with Gasteiger partial charge < -0.3 is 15.4 Å². The zero-order valence-electron chi connectivity index (χ0n) is 9.79. The predicted octanol–water partition coefficient (Wildman–Crippen LogP) is 1.62. The number of benzene rings is 1. The smallest absolute Gasteiger partial charge is 0.390 e. The second-order valence-corrected chi connectivity index (χ2v) is 4.08. The maximum atomic E-state index is 12.9. The molecule has 0 unspecified atom stereocenters. The molecule has 10 heteroatoms. The van der Waals surface area contributed by atoms with Crippen molar-refractivity contribution >= 4 is 29.1 Å². The number of nitro groups is 1. The van der Waals surface area contributed by atoms with Gasteiger partial charge in [-0.05, 0) is 23.1 Å². The van der Waals surface area contributed by atoms with Crippen LogP contribution in [0.25, 0.3) is 0 Å².